The van der Waals surface area contributed by atoms with Crippen molar-refractivity contribution in [3.05, 3.63) is 66.9 Å². The summed E-state index contributed by atoms with van der Waals surface area (Å²) in [6.45, 7) is 1.84. The van der Waals surface area contributed by atoms with E-state index in [2.05, 4.69) is 22.5 Å². The van der Waals surface area contributed by atoms with Crippen LogP contribution in [0.15, 0.2) is 66.9 Å². The zero-order valence-electron chi connectivity index (χ0n) is 13.6. The highest BCUT2D eigenvalue weighted by Crippen LogP contribution is 2.20. The van der Waals surface area contributed by atoms with Crippen LogP contribution >= 0.6 is 0 Å². The second-order valence-corrected chi connectivity index (χ2v) is 6.11. The summed E-state index contributed by atoms with van der Waals surface area (Å²) in [4.78, 5) is 0. The Balaban J connectivity index is 1.44. The van der Waals surface area contributed by atoms with Crippen molar-refractivity contribution >= 4 is 0 Å². The van der Waals surface area contributed by atoms with Crippen LogP contribution in [-0.2, 0) is 0 Å². The monoisotopic (exact) mass is 319 g/mol. The minimum atomic E-state index is 0.490. The van der Waals surface area contributed by atoms with Crippen molar-refractivity contribution in [1.82, 2.24) is 15.1 Å². The first kappa shape index (κ1) is 15.0. The minimum absolute atomic E-state index is 0.490. The number of aromatic nitrogens is 2. The third kappa shape index (κ3) is 3.34. The van der Waals surface area contributed by atoms with Crippen LogP contribution in [0.25, 0.3) is 16.9 Å². The summed E-state index contributed by atoms with van der Waals surface area (Å²) in [6, 6.07) is 20.8. The van der Waals surface area contributed by atoms with E-state index in [1.54, 1.807) is 0 Å². The van der Waals surface area contributed by atoms with Crippen molar-refractivity contribution < 1.29 is 4.74 Å². The van der Waals surface area contributed by atoms with Crippen LogP contribution in [0.2, 0.25) is 0 Å². The number of hydrogen-bond donors (Lipinski definition) is 1. The fourth-order valence-corrected chi connectivity index (χ4v) is 3.02. The van der Waals surface area contributed by atoms with Gasteiger partial charge in [0, 0.05) is 17.8 Å². The van der Waals surface area contributed by atoms with Gasteiger partial charge < -0.3 is 10.1 Å². The SMILES string of the molecule is c1ccc(-c2ccn(-c3ccc(OCC4CCCN4)cc3)n2)cc1. The smallest absolute Gasteiger partial charge is 0.119 e. The molecule has 1 aliphatic heterocycles. The molecule has 4 nitrogen and oxygen atoms in total. The lowest BCUT2D eigenvalue weighted by molar-refractivity contribution is 0.277. The first-order valence-corrected chi connectivity index (χ1v) is 8.46. The predicted octanol–water partition coefficient (Wildman–Crippen LogP) is 3.67. The largest absolute Gasteiger partial charge is 0.492 e. The van der Waals surface area contributed by atoms with E-state index in [4.69, 9.17) is 4.74 Å². The minimum Gasteiger partial charge on any atom is -0.492 e. The molecule has 3 aromatic rings. The molecule has 2 heterocycles. The molecule has 0 saturated carbocycles. The summed E-state index contributed by atoms with van der Waals surface area (Å²) in [7, 11) is 0. The van der Waals surface area contributed by atoms with Gasteiger partial charge in [0.15, 0.2) is 0 Å². The van der Waals surface area contributed by atoms with Gasteiger partial charge in [0.25, 0.3) is 0 Å². The highest BCUT2D eigenvalue weighted by atomic mass is 16.5. The molecule has 4 heteroatoms. The van der Waals surface area contributed by atoms with Crippen molar-refractivity contribution in [2.45, 2.75) is 18.9 Å². The number of nitrogens with one attached hydrogen (secondary N) is 1. The Bertz CT molecular complexity index is 774. The summed E-state index contributed by atoms with van der Waals surface area (Å²) in [5, 5.41) is 8.10. The van der Waals surface area contributed by atoms with Gasteiger partial charge in [-0.05, 0) is 49.7 Å². The molecule has 1 atom stereocenters. The van der Waals surface area contributed by atoms with Crippen molar-refractivity contribution in [2.75, 3.05) is 13.2 Å². The zero-order valence-corrected chi connectivity index (χ0v) is 13.6. The maximum atomic E-state index is 5.86. The molecule has 0 bridgehead atoms. The summed E-state index contributed by atoms with van der Waals surface area (Å²) in [5.41, 5.74) is 3.13. The lowest BCUT2D eigenvalue weighted by Gasteiger charge is -2.12. The molecular formula is C20H21N3O. The average Bonchev–Trinajstić information content (AvgIpc) is 3.33. The van der Waals surface area contributed by atoms with Crippen LogP contribution < -0.4 is 10.1 Å². The second-order valence-electron chi connectivity index (χ2n) is 6.11. The van der Waals surface area contributed by atoms with Gasteiger partial charge in [-0.25, -0.2) is 4.68 Å². The molecule has 1 aromatic heterocycles. The Hall–Kier alpha value is -2.59. The van der Waals surface area contributed by atoms with E-state index < -0.39 is 0 Å². The molecule has 1 fully saturated rings. The van der Waals surface area contributed by atoms with Gasteiger partial charge in [0.2, 0.25) is 0 Å². The number of hydrogen-bond acceptors (Lipinski definition) is 3. The van der Waals surface area contributed by atoms with Crippen molar-refractivity contribution in [1.29, 1.82) is 0 Å². The maximum absolute atomic E-state index is 5.86. The van der Waals surface area contributed by atoms with Gasteiger partial charge in [-0.2, -0.15) is 5.10 Å². The normalized spacial score (nSPS) is 17.1. The van der Waals surface area contributed by atoms with E-state index in [0.717, 1.165) is 35.8 Å². The molecule has 4 rings (SSSR count). The van der Waals surface area contributed by atoms with E-state index in [9.17, 15) is 0 Å². The Labute approximate surface area is 142 Å². The van der Waals surface area contributed by atoms with Crippen molar-refractivity contribution in [3.63, 3.8) is 0 Å². The Kier molecular flexibility index (Phi) is 4.30. The highest BCUT2D eigenvalue weighted by Gasteiger charge is 2.14. The van der Waals surface area contributed by atoms with Gasteiger partial charge in [-0.15, -0.1) is 0 Å². The number of nitrogens with zero attached hydrogens (tertiary/aromatic N) is 2. The van der Waals surface area contributed by atoms with Crippen molar-refractivity contribution in [2.24, 2.45) is 0 Å². The standard InChI is InChI=1S/C20H21N3O/c1-2-5-16(6-3-1)20-12-14-23(22-20)18-8-10-19(11-9-18)24-15-17-7-4-13-21-17/h1-3,5-6,8-12,14,17,21H,4,7,13,15H2. The molecule has 0 aliphatic carbocycles. The van der Waals surface area contributed by atoms with E-state index >= 15 is 0 Å². The third-order valence-electron chi connectivity index (χ3n) is 4.37. The van der Waals surface area contributed by atoms with Gasteiger partial charge >= 0.3 is 0 Å². The molecular weight excluding hydrogens is 298 g/mol. The molecule has 1 aliphatic rings. The predicted molar refractivity (Wildman–Crippen MR) is 95.5 cm³/mol. The van der Waals surface area contributed by atoms with Crippen molar-refractivity contribution in [3.8, 4) is 22.7 Å². The second kappa shape index (κ2) is 6.89. The lowest BCUT2D eigenvalue weighted by atomic mass is 10.2. The van der Waals surface area contributed by atoms with Gasteiger partial charge in [-0.1, -0.05) is 30.3 Å². The molecule has 24 heavy (non-hydrogen) atoms. The van der Waals surface area contributed by atoms with Gasteiger partial charge in [0.05, 0.1) is 11.4 Å². The first-order chi connectivity index (χ1) is 11.9. The van der Waals surface area contributed by atoms with Gasteiger partial charge in [0.1, 0.15) is 12.4 Å². The summed E-state index contributed by atoms with van der Waals surface area (Å²) in [6.07, 6.45) is 4.43. The number of benzene rings is 2. The zero-order chi connectivity index (χ0) is 16.2. The number of rotatable bonds is 5. The van der Waals surface area contributed by atoms with Crippen LogP contribution in [0, 0.1) is 0 Å². The Morgan fingerprint density at radius 1 is 1.04 bits per heavy atom. The summed E-state index contributed by atoms with van der Waals surface area (Å²) < 4.78 is 7.76. The van der Waals surface area contributed by atoms with Crippen LogP contribution in [-0.4, -0.2) is 29.0 Å². The number of ether oxygens (including phenoxy) is 1. The van der Waals surface area contributed by atoms with E-state index in [0.29, 0.717) is 6.04 Å². The van der Waals surface area contributed by atoms with Gasteiger partial charge in [-0.3, -0.25) is 0 Å². The molecule has 2 aromatic carbocycles. The van der Waals surface area contributed by atoms with Crippen LogP contribution in [0.4, 0.5) is 0 Å². The molecule has 1 saturated heterocycles. The highest BCUT2D eigenvalue weighted by molar-refractivity contribution is 5.58. The van der Waals surface area contributed by atoms with E-state index in [1.807, 2.05) is 59.4 Å². The van der Waals surface area contributed by atoms with Crippen LogP contribution in [0.3, 0.4) is 0 Å². The van der Waals surface area contributed by atoms with Crippen LogP contribution in [0.1, 0.15) is 12.8 Å². The lowest BCUT2D eigenvalue weighted by Crippen LogP contribution is -2.28. The molecule has 0 spiro atoms. The Morgan fingerprint density at radius 3 is 2.62 bits per heavy atom. The molecule has 0 radical (unpaired) electrons. The first-order valence-electron chi connectivity index (χ1n) is 8.46. The molecule has 1 unspecified atom stereocenters. The van der Waals surface area contributed by atoms with E-state index in [1.165, 1.54) is 12.8 Å². The fourth-order valence-electron chi connectivity index (χ4n) is 3.02. The topological polar surface area (TPSA) is 39.1 Å². The summed E-state index contributed by atoms with van der Waals surface area (Å²) in [5.74, 6) is 0.905. The quantitative estimate of drug-likeness (QED) is 0.780. The summed E-state index contributed by atoms with van der Waals surface area (Å²) >= 11 is 0. The van der Waals surface area contributed by atoms with Crippen LogP contribution in [0.5, 0.6) is 5.75 Å². The third-order valence-corrected chi connectivity index (χ3v) is 4.37. The molecule has 122 valence electrons. The molecule has 0 amide bonds. The maximum Gasteiger partial charge on any atom is 0.119 e. The average molecular weight is 319 g/mol. The fraction of sp³-hybridized carbons (Fsp3) is 0.250. The van der Waals surface area contributed by atoms with E-state index in [-0.39, 0.29) is 0 Å². The molecule has 1 N–H and O–H groups in total. The Morgan fingerprint density at radius 2 is 1.88 bits per heavy atom.